The highest BCUT2D eigenvalue weighted by Gasteiger charge is 2.18. The van der Waals surface area contributed by atoms with Gasteiger partial charge in [0.15, 0.2) is 0 Å². The minimum Gasteiger partial charge on any atom is -0.478 e. The smallest absolute Gasteiger partial charge is 0.412 e. The molecular weight excluding hydrogens is 314 g/mol. The number of carbonyl (C=O) groups is 2. The highest BCUT2D eigenvalue weighted by molar-refractivity contribution is 9.10. The molecule has 0 bridgehead atoms. The van der Waals surface area contributed by atoms with E-state index in [2.05, 4.69) is 21.2 Å². The second kappa shape index (κ2) is 5.61. The molecule has 1 aromatic rings. The summed E-state index contributed by atoms with van der Waals surface area (Å²) in [6.45, 7) is 6.94. The predicted octanol–water partition coefficient (Wildman–Crippen LogP) is 3.80. The Labute approximate surface area is 120 Å². The molecular formula is C13H16BrNO4. The Hall–Kier alpha value is -1.56. The number of anilines is 1. The number of aromatic carboxylic acids is 1. The summed E-state index contributed by atoms with van der Waals surface area (Å²) in [4.78, 5) is 22.7. The van der Waals surface area contributed by atoms with Gasteiger partial charge < -0.3 is 9.84 Å². The average molecular weight is 330 g/mol. The molecule has 0 saturated heterocycles. The number of nitrogens with one attached hydrogen (secondary N) is 1. The summed E-state index contributed by atoms with van der Waals surface area (Å²) in [5.74, 6) is -1.05. The van der Waals surface area contributed by atoms with E-state index in [0.717, 1.165) is 0 Å². The maximum atomic E-state index is 11.6. The topological polar surface area (TPSA) is 75.6 Å². The van der Waals surface area contributed by atoms with Gasteiger partial charge in [0.05, 0.1) is 5.56 Å². The van der Waals surface area contributed by atoms with Crippen molar-refractivity contribution >= 4 is 33.7 Å². The number of hydrogen-bond acceptors (Lipinski definition) is 3. The lowest BCUT2D eigenvalue weighted by Crippen LogP contribution is -2.27. The first-order valence-electron chi connectivity index (χ1n) is 5.63. The van der Waals surface area contributed by atoms with Gasteiger partial charge in [-0.2, -0.15) is 0 Å². The van der Waals surface area contributed by atoms with Crippen molar-refractivity contribution in [3.63, 3.8) is 0 Å². The maximum Gasteiger partial charge on any atom is 0.412 e. The number of ether oxygens (including phenoxy) is 1. The molecule has 5 nitrogen and oxygen atoms in total. The van der Waals surface area contributed by atoms with E-state index in [4.69, 9.17) is 9.84 Å². The summed E-state index contributed by atoms with van der Waals surface area (Å²) < 4.78 is 5.71. The summed E-state index contributed by atoms with van der Waals surface area (Å²) in [7, 11) is 0. The van der Waals surface area contributed by atoms with Gasteiger partial charge in [-0.1, -0.05) is 15.9 Å². The second-order valence-electron chi connectivity index (χ2n) is 5.06. The fourth-order valence-corrected chi connectivity index (χ4v) is 1.85. The molecule has 1 amide bonds. The third kappa shape index (κ3) is 4.55. The van der Waals surface area contributed by atoms with Crippen LogP contribution in [0.3, 0.4) is 0 Å². The minimum atomic E-state index is -1.05. The fourth-order valence-electron chi connectivity index (χ4n) is 1.39. The quantitative estimate of drug-likeness (QED) is 0.865. The van der Waals surface area contributed by atoms with E-state index in [9.17, 15) is 9.59 Å². The fraction of sp³-hybridized carbons (Fsp3) is 0.385. The normalized spacial score (nSPS) is 11.0. The van der Waals surface area contributed by atoms with Crippen molar-refractivity contribution in [2.75, 3.05) is 5.32 Å². The second-order valence-corrected chi connectivity index (χ2v) is 5.92. The van der Waals surface area contributed by atoms with Gasteiger partial charge in [0.2, 0.25) is 0 Å². The summed E-state index contributed by atoms with van der Waals surface area (Å²) >= 11 is 3.26. The molecule has 19 heavy (non-hydrogen) atoms. The molecule has 0 aliphatic heterocycles. The van der Waals surface area contributed by atoms with Crippen LogP contribution in [0.2, 0.25) is 0 Å². The molecule has 0 aliphatic carbocycles. The molecule has 0 spiro atoms. The van der Waals surface area contributed by atoms with Crippen molar-refractivity contribution in [1.82, 2.24) is 0 Å². The Morgan fingerprint density at radius 3 is 2.37 bits per heavy atom. The van der Waals surface area contributed by atoms with Crippen LogP contribution in [0, 0.1) is 6.92 Å². The number of carboxylic acid groups (broad SMARTS) is 1. The molecule has 0 fully saturated rings. The van der Waals surface area contributed by atoms with Crippen molar-refractivity contribution in [1.29, 1.82) is 0 Å². The van der Waals surface area contributed by atoms with E-state index in [1.165, 1.54) is 6.07 Å². The highest BCUT2D eigenvalue weighted by Crippen LogP contribution is 2.25. The Kier molecular flexibility index (Phi) is 4.57. The Balaban J connectivity index is 2.97. The van der Waals surface area contributed by atoms with E-state index in [1.54, 1.807) is 33.8 Å². The van der Waals surface area contributed by atoms with Crippen molar-refractivity contribution in [2.45, 2.75) is 33.3 Å². The molecule has 0 heterocycles. The van der Waals surface area contributed by atoms with Crippen molar-refractivity contribution < 1.29 is 19.4 Å². The number of rotatable bonds is 2. The molecule has 0 aromatic heterocycles. The van der Waals surface area contributed by atoms with Crippen molar-refractivity contribution in [2.24, 2.45) is 0 Å². The predicted molar refractivity (Wildman–Crippen MR) is 75.7 cm³/mol. The number of carboxylic acids is 1. The largest absolute Gasteiger partial charge is 0.478 e. The monoisotopic (exact) mass is 329 g/mol. The van der Waals surface area contributed by atoms with Gasteiger partial charge >= 0.3 is 12.1 Å². The lowest BCUT2D eigenvalue weighted by atomic mass is 10.1. The average Bonchev–Trinajstić information content (AvgIpc) is 2.19. The molecule has 1 rings (SSSR count). The van der Waals surface area contributed by atoms with Crippen LogP contribution < -0.4 is 5.32 Å². The summed E-state index contributed by atoms with van der Waals surface area (Å²) in [6, 6.07) is 3.03. The van der Waals surface area contributed by atoms with Gasteiger partial charge in [-0.3, -0.25) is 5.32 Å². The van der Waals surface area contributed by atoms with Crippen LogP contribution in [0.5, 0.6) is 0 Å². The minimum absolute atomic E-state index is 0.125. The lowest BCUT2D eigenvalue weighted by molar-refractivity contribution is 0.0632. The lowest BCUT2D eigenvalue weighted by Gasteiger charge is -2.20. The molecule has 0 aliphatic rings. The summed E-state index contributed by atoms with van der Waals surface area (Å²) in [5, 5.41) is 11.6. The Morgan fingerprint density at radius 2 is 1.89 bits per heavy atom. The molecule has 6 heteroatoms. The molecule has 0 saturated carbocycles. The van der Waals surface area contributed by atoms with Gasteiger partial charge in [0, 0.05) is 10.2 Å². The first-order valence-corrected chi connectivity index (χ1v) is 6.43. The Bertz CT molecular complexity index is 520. The molecule has 104 valence electrons. The number of benzene rings is 1. The van der Waals surface area contributed by atoms with E-state index >= 15 is 0 Å². The van der Waals surface area contributed by atoms with Gasteiger partial charge in [0.1, 0.15) is 5.60 Å². The number of halogens is 1. The van der Waals surface area contributed by atoms with Crippen LogP contribution in [-0.2, 0) is 4.74 Å². The molecule has 0 radical (unpaired) electrons. The first-order chi connectivity index (χ1) is 8.60. The summed E-state index contributed by atoms with van der Waals surface area (Å²) in [6.07, 6.45) is -0.625. The van der Waals surface area contributed by atoms with Crippen molar-refractivity contribution in [3.05, 3.63) is 27.7 Å². The highest BCUT2D eigenvalue weighted by atomic mass is 79.9. The third-order valence-electron chi connectivity index (χ3n) is 2.22. The van der Waals surface area contributed by atoms with Gasteiger partial charge in [0.25, 0.3) is 0 Å². The van der Waals surface area contributed by atoms with Gasteiger partial charge in [-0.25, -0.2) is 9.59 Å². The molecule has 2 N–H and O–H groups in total. The molecule has 0 unspecified atom stereocenters. The molecule has 0 atom stereocenters. The zero-order valence-corrected chi connectivity index (χ0v) is 12.8. The number of hydrogen-bond donors (Lipinski definition) is 2. The maximum absolute atomic E-state index is 11.6. The van der Waals surface area contributed by atoms with Gasteiger partial charge in [-0.15, -0.1) is 0 Å². The van der Waals surface area contributed by atoms with Crippen LogP contribution in [0.25, 0.3) is 0 Å². The zero-order valence-electron chi connectivity index (χ0n) is 11.2. The first kappa shape index (κ1) is 15.5. The number of carbonyl (C=O) groups excluding carboxylic acids is 1. The zero-order chi connectivity index (χ0) is 14.8. The Morgan fingerprint density at radius 1 is 1.32 bits per heavy atom. The van der Waals surface area contributed by atoms with Crippen LogP contribution >= 0.6 is 15.9 Å². The van der Waals surface area contributed by atoms with Crippen LogP contribution in [0.15, 0.2) is 16.6 Å². The van der Waals surface area contributed by atoms with E-state index in [0.29, 0.717) is 15.7 Å². The van der Waals surface area contributed by atoms with E-state index in [1.807, 2.05) is 0 Å². The van der Waals surface area contributed by atoms with Crippen LogP contribution in [0.1, 0.15) is 36.7 Å². The number of amides is 1. The summed E-state index contributed by atoms with van der Waals surface area (Å²) in [5.41, 5.74) is 0.480. The van der Waals surface area contributed by atoms with Crippen molar-refractivity contribution in [3.8, 4) is 0 Å². The molecule has 1 aromatic carbocycles. The van der Waals surface area contributed by atoms with Crippen LogP contribution in [0.4, 0.5) is 10.5 Å². The van der Waals surface area contributed by atoms with Gasteiger partial charge in [-0.05, 0) is 45.4 Å². The van der Waals surface area contributed by atoms with Crippen LogP contribution in [-0.4, -0.2) is 22.8 Å². The third-order valence-corrected chi connectivity index (χ3v) is 3.04. The van der Waals surface area contributed by atoms with E-state index in [-0.39, 0.29) is 5.56 Å². The standard InChI is InChI=1S/C13H16BrNO4/c1-7-9(11(16)17)5-8(6-10(7)14)15-12(18)19-13(2,3)4/h5-6H,1-4H3,(H,15,18)(H,16,17). The van der Waals surface area contributed by atoms with E-state index < -0.39 is 17.7 Å². The SMILES string of the molecule is Cc1c(Br)cc(NC(=O)OC(C)(C)C)cc1C(=O)O.